The maximum Gasteiger partial charge on any atom is 0.196 e. The van der Waals surface area contributed by atoms with Crippen LogP contribution in [0.5, 0.6) is 0 Å². The fourth-order valence-electron chi connectivity index (χ4n) is 1.11. The number of benzene rings is 1. The summed E-state index contributed by atoms with van der Waals surface area (Å²) in [5.41, 5.74) is -0.282. The van der Waals surface area contributed by atoms with Crippen LogP contribution in [0, 0.1) is 17.5 Å². The minimum absolute atomic E-state index is 0.282. The van der Waals surface area contributed by atoms with Gasteiger partial charge in [-0.15, -0.1) is 0 Å². The van der Waals surface area contributed by atoms with Crippen LogP contribution in [0.2, 0.25) is 0 Å². The van der Waals surface area contributed by atoms with Gasteiger partial charge in [-0.05, 0) is 24.3 Å². The smallest absolute Gasteiger partial charge is 0.196 e. The Morgan fingerprint density at radius 2 is 1.88 bits per heavy atom. The standard InChI is InChI=1S/C11H6F3NO/c12-8-3-4-9(11(14)10(8)13)15-6-7-2-1-5-16-7/h1-6H. The van der Waals surface area contributed by atoms with Crippen molar-refractivity contribution < 1.29 is 17.6 Å². The molecule has 2 rings (SSSR count). The number of aliphatic imine (C=N–C) groups is 1. The Labute approximate surface area is 89.0 Å². The van der Waals surface area contributed by atoms with Gasteiger partial charge in [0.15, 0.2) is 17.5 Å². The van der Waals surface area contributed by atoms with E-state index >= 15 is 0 Å². The zero-order valence-electron chi connectivity index (χ0n) is 7.95. The monoisotopic (exact) mass is 225 g/mol. The quantitative estimate of drug-likeness (QED) is 0.567. The van der Waals surface area contributed by atoms with E-state index in [0.717, 1.165) is 12.1 Å². The summed E-state index contributed by atoms with van der Waals surface area (Å²) in [4.78, 5) is 3.65. The van der Waals surface area contributed by atoms with Gasteiger partial charge in [-0.3, -0.25) is 0 Å². The molecule has 0 fully saturated rings. The van der Waals surface area contributed by atoms with E-state index in [9.17, 15) is 13.2 Å². The summed E-state index contributed by atoms with van der Waals surface area (Å²) in [6, 6.07) is 5.09. The van der Waals surface area contributed by atoms with Crippen LogP contribution < -0.4 is 0 Å². The maximum absolute atomic E-state index is 13.1. The van der Waals surface area contributed by atoms with Gasteiger partial charge in [-0.2, -0.15) is 0 Å². The van der Waals surface area contributed by atoms with Gasteiger partial charge in [0, 0.05) is 0 Å². The van der Waals surface area contributed by atoms with Crippen molar-refractivity contribution in [3.05, 3.63) is 53.7 Å². The van der Waals surface area contributed by atoms with E-state index in [0.29, 0.717) is 5.76 Å². The highest BCUT2D eigenvalue weighted by molar-refractivity contribution is 5.78. The predicted molar refractivity (Wildman–Crippen MR) is 52.3 cm³/mol. The van der Waals surface area contributed by atoms with Gasteiger partial charge in [-0.1, -0.05) is 0 Å². The maximum atomic E-state index is 13.1. The van der Waals surface area contributed by atoms with Crippen molar-refractivity contribution in [2.24, 2.45) is 4.99 Å². The van der Waals surface area contributed by atoms with Gasteiger partial charge in [0.25, 0.3) is 0 Å². The number of rotatable bonds is 2. The topological polar surface area (TPSA) is 25.5 Å². The normalized spacial score (nSPS) is 11.2. The van der Waals surface area contributed by atoms with Crippen LogP contribution in [0.4, 0.5) is 18.9 Å². The zero-order chi connectivity index (χ0) is 11.5. The van der Waals surface area contributed by atoms with E-state index in [2.05, 4.69) is 4.99 Å². The fraction of sp³-hybridized carbons (Fsp3) is 0. The van der Waals surface area contributed by atoms with E-state index in [-0.39, 0.29) is 5.69 Å². The molecule has 2 aromatic rings. The van der Waals surface area contributed by atoms with Crippen LogP contribution in [-0.4, -0.2) is 6.21 Å². The Kier molecular flexibility index (Phi) is 2.76. The molecule has 0 aliphatic rings. The van der Waals surface area contributed by atoms with Crippen LogP contribution in [-0.2, 0) is 0 Å². The van der Waals surface area contributed by atoms with Gasteiger partial charge in [0.2, 0.25) is 0 Å². The summed E-state index contributed by atoms with van der Waals surface area (Å²) in [5, 5.41) is 0. The molecule has 5 heteroatoms. The molecule has 1 aromatic heterocycles. The Balaban J connectivity index is 2.32. The van der Waals surface area contributed by atoms with Gasteiger partial charge in [0.05, 0.1) is 12.5 Å². The molecule has 0 radical (unpaired) electrons. The molecule has 0 amide bonds. The average molecular weight is 225 g/mol. The third kappa shape index (κ3) is 1.98. The number of hydrogen-bond donors (Lipinski definition) is 0. The largest absolute Gasteiger partial charge is 0.463 e. The molecule has 0 spiro atoms. The van der Waals surface area contributed by atoms with E-state index < -0.39 is 17.5 Å². The molecule has 0 saturated carbocycles. The Bertz CT molecular complexity index is 520. The summed E-state index contributed by atoms with van der Waals surface area (Å²) in [6.45, 7) is 0. The first-order valence-electron chi connectivity index (χ1n) is 4.39. The molecule has 0 N–H and O–H groups in total. The summed E-state index contributed by atoms with van der Waals surface area (Å²) in [5.74, 6) is -3.70. The molecule has 2 nitrogen and oxygen atoms in total. The minimum atomic E-state index is -1.53. The lowest BCUT2D eigenvalue weighted by atomic mass is 10.3. The lowest BCUT2D eigenvalue weighted by Gasteiger charge is -1.98. The van der Waals surface area contributed by atoms with Gasteiger partial charge in [0.1, 0.15) is 11.4 Å². The van der Waals surface area contributed by atoms with Crippen LogP contribution in [0.25, 0.3) is 0 Å². The minimum Gasteiger partial charge on any atom is -0.463 e. The average Bonchev–Trinajstić information content (AvgIpc) is 2.78. The van der Waals surface area contributed by atoms with Crippen LogP contribution in [0.1, 0.15) is 5.76 Å². The van der Waals surface area contributed by atoms with E-state index in [4.69, 9.17) is 4.42 Å². The SMILES string of the molecule is Fc1ccc(N=Cc2ccco2)c(F)c1F. The fourth-order valence-corrected chi connectivity index (χ4v) is 1.11. The highest BCUT2D eigenvalue weighted by atomic mass is 19.2. The Morgan fingerprint density at radius 3 is 2.56 bits per heavy atom. The molecule has 1 heterocycles. The molecule has 0 saturated heterocycles. The molecule has 0 unspecified atom stereocenters. The molecule has 0 atom stereocenters. The summed E-state index contributed by atoms with van der Waals surface area (Å²) in [7, 11) is 0. The Morgan fingerprint density at radius 1 is 1.06 bits per heavy atom. The van der Waals surface area contributed by atoms with Gasteiger partial charge < -0.3 is 4.42 Å². The van der Waals surface area contributed by atoms with Crippen molar-refractivity contribution in [1.82, 2.24) is 0 Å². The zero-order valence-corrected chi connectivity index (χ0v) is 7.95. The first-order chi connectivity index (χ1) is 7.68. The van der Waals surface area contributed by atoms with Crippen molar-refractivity contribution >= 4 is 11.9 Å². The third-order valence-electron chi connectivity index (χ3n) is 1.89. The third-order valence-corrected chi connectivity index (χ3v) is 1.89. The molecular weight excluding hydrogens is 219 g/mol. The molecule has 0 aliphatic heterocycles. The highest BCUT2D eigenvalue weighted by Crippen LogP contribution is 2.22. The number of furan rings is 1. The highest BCUT2D eigenvalue weighted by Gasteiger charge is 2.12. The van der Waals surface area contributed by atoms with Crippen LogP contribution >= 0.6 is 0 Å². The molecule has 1 aromatic carbocycles. The number of nitrogens with zero attached hydrogens (tertiary/aromatic N) is 1. The van der Waals surface area contributed by atoms with Crippen molar-refractivity contribution in [3.63, 3.8) is 0 Å². The van der Waals surface area contributed by atoms with Gasteiger partial charge in [-0.25, -0.2) is 18.2 Å². The van der Waals surface area contributed by atoms with E-state index in [1.165, 1.54) is 12.5 Å². The molecule has 16 heavy (non-hydrogen) atoms. The summed E-state index contributed by atoms with van der Waals surface area (Å²) in [6.07, 6.45) is 2.64. The predicted octanol–water partition coefficient (Wildman–Crippen LogP) is 3.45. The number of halogens is 3. The van der Waals surface area contributed by atoms with Crippen LogP contribution in [0.3, 0.4) is 0 Å². The second-order valence-corrected chi connectivity index (χ2v) is 2.97. The first-order valence-corrected chi connectivity index (χ1v) is 4.39. The molecule has 0 bridgehead atoms. The van der Waals surface area contributed by atoms with Crippen LogP contribution in [0.15, 0.2) is 39.9 Å². The number of hydrogen-bond acceptors (Lipinski definition) is 2. The molecular formula is C11H6F3NO. The van der Waals surface area contributed by atoms with Crippen molar-refractivity contribution in [2.45, 2.75) is 0 Å². The van der Waals surface area contributed by atoms with Gasteiger partial charge >= 0.3 is 0 Å². The lowest BCUT2D eigenvalue weighted by Crippen LogP contribution is -1.90. The van der Waals surface area contributed by atoms with Crippen molar-refractivity contribution in [2.75, 3.05) is 0 Å². The van der Waals surface area contributed by atoms with Crippen molar-refractivity contribution in [1.29, 1.82) is 0 Å². The summed E-state index contributed by atoms with van der Waals surface area (Å²) < 4.78 is 43.4. The first kappa shape index (κ1) is 10.5. The van der Waals surface area contributed by atoms with Crippen molar-refractivity contribution in [3.8, 4) is 0 Å². The Hall–Kier alpha value is -2.04. The lowest BCUT2D eigenvalue weighted by molar-refractivity contribution is 0.448. The second kappa shape index (κ2) is 4.22. The summed E-state index contributed by atoms with van der Waals surface area (Å²) >= 11 is 0. The van der Waals surface area contributed by atoms with E-state index in [1.807, 2.05) is 0 Å². The molecule has 82 valence electrons. The second-order valence-electron chi connectivity index (χ2n) is 2.97. The molecule has 0 aliphatic carbocycles. The van der Waals surface area contributed by atoms with E-state index in [1.54, 1.807) is 12.1 Å².